The molecule has 0 spiro atoms. The summed E-state index contributed by atoms with van der Waals surface area (Å²) in [5.74, 6) is -0.184. The van der Waals surface area contributed by atoms with Crippen molar-refractivity contribution >= 4 is 51.6 Å². The van der Waals surface area contributed by atoms with E-state index in [9.17, 15) is 9.59 Å². The monoisotopic (exact) mass is 466 g/mol. The van der Waals surface area contributed by atoms with E-state index in [1.807, 2.05) is 32.9 Å². The smallest absolute Gasteiger partial charge is 0.293 e. The molecule has 0 saturated carbocycles. The van der Waals surface area contributed by atoms with Crippen LogP contribution >= 0.6 is 34.4 Å². The van der Waals surface area contributed by atoms with Crippen molar-refractivity contribution in [3.05, 3.63) is 55.8 Å². The number of carbonyl (C=O) groups is 2. The molecule has 1 aromatic heterocycles. The van der Waals surface area contributed by atoms with Gasteiger partial charge in [-0.3, -0.25) is 14.5 Å². The first kappa shape index (κ1) is 18.3. The molecule has 1 saturated heterocycles. The first-order valence-corrected chi connectivity index (χ1v) is 10.0. The van der Waals surface area contributed by atoms with E-state index in [1.165, 1.54) is 8.47 Å². The van der Waals surface area contributed by atoms with E-state index in [0.29, 0.717) is 11.4 Å². The molecule has 0 aliphatic carbocycles. The number of aryl methyl sites for hydroxylation is 1. The second-order valence-corrected chi connectivity index (χ2v) is 8.21. The van der Waals surface area contributed by atoms with E-state index in [-0.39, 0.29) is 11.1 Å². The number of aromatic nitrogens is 1. The number of carbonyl (C=O) groups excluding carboxylic acids is 2. The summed E-state index contributed by atoms with van der Waals surface area (Å²) in [5.41, 5.74) is 4.22. The van der Waals surface area contributed by atoms with Gasteiger partial charge in [-0.25, -0.2) is 0 Å². The van der Waals surface area contributed by atoms with Crippen molar-refractivity contribution in [3.63, 3.8) is 0 Å². The highest BCUT2D eigenvalue weighted by atomic mass is 127. The highest BCUT2D eigenvalue weighted by molar-refractivity contribution is 14.1. The zero-order valence-corrected chi connectivity index (χ0v) is 17.3. The second-order valence-electron chi connectivity index (χ2n) is 5.98. The molecule has 1 fully saturated rings. The second kappa shape index (κ2) is 7.37. The number of hydrogen-bond donors (Lipinski definition) is 0. The third-order valence-corrected chi connectivity index (χ3v) is 5.72. The van der Waals surface area contributed by atoms with Crippen molar-refractivity contribution in [3.8, 4) is 5.69 Å². The molecule has 0 atom stereocenters. The fraction of sp³-hybridized carbons (Fsp3) is 0.263. The molecule has 2 aromatic rings. The molecule has 4 nitrogen and oxygen atoms in total. The Bertz CT molecular complexity index is 886. The fourth-order valence-electron chi connectivity index (χ4n) is 3.00. The van der Waals surface area contributed by atoms with Gasteiger partial charge in [-0.05, 0) is 90.5 Å². The van der Waals surface area contributed by atoms with E-state index in [0.717, 1.165) is 40.8 Å². The van der Waals surface area contributed by atoms with Gasteiger partial charge in [0.05, 0.1) is 4.91 Å². The summed E-state index contributed by atoms with van der Waals surface area (Å²) < 4.78 is 3.34. The number of rotatable bonds is 4. The highest BCUT2D eigenvalue weighted by Gasteiger charge is 2.34. The highest BCUT2D eigenvalue weighted by Crippen LogP contribution is 2.33. The zero-order valence-electron chi connectivity index (χ0n) is 14.4. The summed E-state index contributed by atoms with van der Waals surface area (Å²) in [7, 11) is 0. The van der Waals surface area contributed by atoms with Crippen molar-refractivity contribution in [1.82, 2.24) is 9.47 Å². The van der Waals surface area contributed by atoms with Gasteiger partial charge in [0.2, 0.25) is 0 Å². The van der Waals surface area contributed by atoms with Crippen molar-refractivity contribution in [2.45, 2.75) is 27.2 Å². The number of benzene rings is 1. The van der Waals surface area contributed by atoms with Crippen LogP contribution in [0.3, 0.4) is 0 Å². The Labute approximate surface area is 165 Å². The average molecular weight is 466 g/mol. The standard InChI is InChI=1S/C19H19IN2O2S/c1-4-8-21-18(23)17(25-19(21)24)10-14-9-12(2)22(13(14)3)16-7-5-6-15(20)11-16/h5-7,9-11H,4,8H2,1-3H3/b17-10+. The Hall–Kier alpha value is -1.54. The van der Waals surface area contributed by atoms with Crippen LogP contribution in [0.1, 0.15) is 30.3 Å². The van der Waals surface area contributed by atoms with Gasteiger partial charge in [-0.2, -0.15) is 0 Å². The van der Waals surface area contributed by atoms with Crippen molar-refractivity contribution < 1.29 is 9.59 Å². The first-order chi connectivity index (χ1) is 11.9. The molecule has 2 amide bonds. The quantitative estimate of drug-likeness (QED) is 0.463. The minimum atomic E-state index is -0.184. The maximum absolute atomic E-state index is 12.4. The topological polar surface area (TPSA) is 42.3 Å². The molecule has 3 rings (SSSR count). The van der Waals surface area contributed by atoms with Gasteiger partial charge in [0.25, 0.3) is 11.1 Å². The van der Waals surface area contributed by atoms with Crippen molar-refractivity contribution in [2.75, 3.05) is 6.54 Å². The van der Waals surface area contributed by atoms with E-state index >= 15 is 0 Å². The van der Waals surface area contributed by atoms with Crippen LogP contribution in [-0.4, -0.2) is 27.2 Å². The van der Waals surface area contributed by atoms with Crippen molar-refractivity contribution in [1.29, 1.82) is 0 Å². The van der Waals surface area contributed by atoms with Gasteiger partial charge in [0.15, 0.2) is 0 Å². The van der Waals surface area contributed by atoms with Gasteiger partial charge < -0.3 is 4.57 Å². The Morgan fingerprint density at radius 2 is 1.96 bits per heavy atom. The lowest BCUT2D eigenvalue weighted by atomic mass is 10.2. The van der Waals surface area contributed by atoms with Gasteiger partial charge in [0.1, 0.15) is 0 Å². The molecule has 0 unspecified atom stereocenters. The van der Waals surface area contributed by atoms with E-state index in [4.69, 9.17) is 0 Å². The molecule has 1 aliphatic rings. The minimum absolute atomic E-state index is 0.176. The maximum Gasteiger partial charge on any atom is 0.293 e. The molecular weight excluding hydrogens is 447 g/mol. The molecule has 1 aromatic carbocycles. The lowest BCUT2D eigenvalue weighted by Crippen LogP contribution is -2.28. The van der Waals surface area contributed by atoms with Crippen LogP contribution in [0.5, 0.6) is 0 Å². The zero-order chi connectivity index (χ0) is 18.1. The van der Waals surface area contributed by atoms with Crippen LogP contribution in [0.25, 0.3) is 11.8 Å². The van der Waals surface area contributed by atoms with Crippen LogP contribution in [0.4, 0.5) is 4.79 Å². The van der Waals surface area contributed by atoms with Crippen LogP contribution in [0, 0.1) is 17.4 Å². The Morgan fingerprint density at radius 1 is 1.20 bits per heavy atom. The Morgan fingerprint density at radius 3 is 2.64 bits per heavy atom. The molecule has 130 valence electrons. The number of halogens is 1. The number of imide groups is 1. The minimum Gasteiger partial charge on any atom is -0.318 e. The molecule has 0 radical (unpaired) electrons. The normalized spacial score (nSPS) is 16.3. The summed E-state index contributed by atoms with van der Waals surface area (Å²) in [4.78, 5) is 26.3. The first-order valence-electron chi connectivity index (χ1n) is 8.12. The largest absolute Gasteiger partial charge is 0.318 e. The molecular formula is C19H19IN2O2S. The summed E-state index contributed by atoms with van der Waals surface area (Å²) in [6.07, 6.45) is 2.61. The molecule has 1 aliphatic heterocycles. The third kappa shape index (κ3) is 3.55. The maximum atomic E-state index is 12.4. The summed E-state index contributed by atoms with van der Waals surface area (Å²) >= 11 is 3.33. The molecule has 25 heavy (non-hydrogen) atoms. The Balaban J connectivity index is 1.99. The number of hydrogen-bond acceptors (Lipinski definition) is 3. The third-order valence-electron chi connectivity index (χ3n) is 4.14. The van der Waals surface area contributed by atoms with Crippen molar-refractivity contribution in [2.24, 2.45) is 0 Å². The van der Waals surface area contributed by atoms with Gasteiger partial charge in [-0.15, -0.1) is 0 Å². The number of amides is 2. The lowest BCUT2D eigenvalue weighted by Gasteiger charge is -2.10. The lowest BCUT2D eigenvalue weighted by molar-refractivity contribution is -0.122. The SMILES string of the molecule is CCCN1C(=O)S/C(=C/c2cc(C)n(-c3cccc(I)c3)c2C)C1=O. The molecule has 0 N–H and O–H groups in total. The van der Waals surface area contributed by atoms with Gasteiger partial charge >= 0.3 is 0 Å². The molecule has 6 heteroatoms. The van der Waals surface area contributed by atoms with E-state index in [1.54, 1.807) is 0 Å². The van der Waals surface area contributed by atoms with Crippen LogP contribution in [-0.2, 0) is 4.79 Å². The molecule has 2 heterocycles. The van der Waals surface area contributed by atoms with E-state index in [2.05, 4.69) is 51.4 Å². The van der Waals surface area contributed by atoms with Crippen LogP contribution in [0.15, 0.2) is 35.2 Å². The number of thioether (sulfide) groups is 1. The molecule has 0 bridgehead atoms. The van der Waals surface area contributed by atoms with Gasteiger partial charge in [-0.1, -0.05) is 13.0 Å². The van der Waals surface area contributed by atoms with Gasteiger partial charge in [0, 0.05) is 27.2 Å². The summed E-state index contributed by atoms with van der Waals surface area (Å²) in [5, 5.41) is -0.176. The number of nitrogens with zero attached hydrogens (tertiary/aromatic N) is 2. The predicted octanol–water partition coefficient (Wildman–Crippen LogP) is 5.15. The summed E-state index contributed by atoms with van der Waals surface area (Å²) in [6, 6.07) is 10.3. The fourth-order valence-corrected chi connectivity index (χ4v) is 4.39. The predicted molar refractivity (Wildman–Crippen MR) is 111 cm³/mol. The van der Waals surface area contributed by atoms with Crippen LogP contribution in [0.2, 0.25) is 0 Å². The summed E-state index contributed by atoms with van der Waals surface area (Å²) in [6.45, 7) is 6.52. The average Bonchev–Trinajstić information content (AvgIpc) is 2.98. The Kier molecular flexibility index (Phi) is 5.38. The van der Waals surface area contributed by atoms with E-state index < -0.39 is 0 Å². The van der Waals surface area contributed by atoms with Crippen LogP contribution < -0.4 is 0 Å².